The summed E-state index contributed by atoms with van der Waals surface area (Å²) in [7, 11) is 0. The minimum Gasteiger partial charge on any atom is -0.481 e. The van der Waals surface area contributed by atoms with Crippen LogP contribution < -0.4 is 5.32 Å². The van der Waals surface area contributed by atoms with Crippen LogP contribution in [-0.4, -0.2) is 17.0 Å². The van der Waals surface area contributed by atoms with E-state index in [1.54, 1.807) is 12.1 Å². The standard InChI is InChI=1S/C17H21ClFNO3/c1-9(2)15(13-6-5-12(18)8-14(13)19)20-16(21)10-3-4-11(7-10)17(22)23/h5-6,8-11,15H,3-4,7H2,1-2H3,(H,20,21)(H,22,23)/t10-,11+,15?/m1/s1. The lowest BCUT2D eigenvalue weighted by molar-refractivity contribution is -0.141. The van der Waals surface area contributed by atoms with Gasteiger partial charge in [-0.25, -0.2) is 4.39 Å². The Morgan fingerprint density at radius 2 is 1.96 bits per heavy atom. The largest absolute Gasteiger partial charge is 0.481 e. The quantitative estimate of drug-likeness (QED) is 0.856. The Bertz CT molecular complexity index is 606. The van der Waals surface area contributed by atoms with Crippen molar-refractivity contribution < 1.29 is 19.1 Å². The Morgan fingerprint density at radius 1 is 1.30 bits per heavy atom. The van der Waals surface area contributed by atoms with E-state index in [9.17, 15) is 14.0 Å². The molecule has 6 heteroatoms. The number of hydrogen-bond acceptors (Lipinski definition) is 2. The van der Waals surface area contributed by atoms with Gasteiger partial charge in [0.05, 0.1) is 12.0 Å². The van der Waals surface area contributed by atoms with E-state index in [2.05, 4.69) is 5.32 Å². The topological polar surface area (TPSA) is 66.4 Å². The first-order valence-corrected chi connectivity index (χ1v) is 8.15. The molecule has 1 fully saturated rings. The number of carbonyl (C=O) groups excluding carboxylic acids is 1. The van der Waals surface area contributed by atoms with E-state index in [4.69, 9.17) is 16.7 Å². The van der Waals surface area contributed by atoms with Gasteiger partial charge < -0.3 is 10.4 Å². The number of nitrogens with one attached hydrogen (secondary N) is 1. The summed E-state index contributed by atoms with van der Waals surface area (Å²) in [6.45, 7) is 3.79. The number of carboxylic acid groups (broad SMARTS) is 1. The molecule has 3 atom stereocenters. The zero-order valence-electron chi connectivity index (χ0n) is 13.2. The summed E-state index contributed by atoms with van der Waals surface area (Å²) < 4.78 is 14.1. The Labute approximate surface area is 140 Å². The molecule has 1 unspecified atom stereocenters. The Hall–Kier alpha value is -1.62. The highest BCUT2D eigenvalue weighted by Crippen LogP contribution is 2.33. The van der Waals surface area contributed by atoms with E-state index in [0.717, 1.165) is 0 Å². The predicted molar refractivity (Wildman–Crippen MR) is 85.6 cm³/mol. The van der Waals surface area contributed by atoms with E-state index in [1.165, 1.54) is 6.07 Å². The minimum atomic E-state index is -0.857. The molecule has 0 saturated heterocycles. The number of amides is 1. The Kier molecular flexibility index (Phi) is 5.63. The number of hydrogen-bond donors (Lipinski definition) is 2. The molecule has 1 aromatic carbocycles. The molecular formula is C17H21ClFNO3. The molecular weight excluding hydrogens is 321 g/mol. The second-order valence-electron chi connectivity index (χ2n) is 6.44. The van der Waals surface area contributed by atoms with Crippen LogP contribution in [0.4, 0.5) is 4.39 Å². The number of benzene rings is 1. The summed E-state index contributed by atoms with van der Waals surface area (Å²) in [6, 6.07) is 3.94. The van der Waals surface area contributed by atoms with Crippen LogP contribution in [0.25, 0.3) is 0 Å². The van der Waals surface area contributed by atoms with Gasteiger partial charge in [0.25, 0.3) is 0 Å². The van der Waals surface area contributed by atoms with Crippen LogP contribution in [0, 0.1) is 23.6 Å². The molecule has 4 nitrogen and oxygen atoms in total. The molecule has 1 aliphatic carbocycles. The number of rotatable bonds is 5. The van der Waals surface area contributed by atoms with Crippen molar-refractivity contribution in [2.45, 2.75) is 39.2 Å². The van der Waals surface area contributed by atoms with E-state index in [0.29, 0.717) is 29.8 Å². The molecule has 1 aliphatic rings. The van der Waals surface area contributed by atoms with E-state index in [1.807, 2.05) is 13.8 Å². The van der Waals surface area contributed by atoms with Gasteiger partial charge in [-0.15, -0.1) is 0 Å². The molecule has 1 aromatic rings. The summed E-state index contributed by atoms with van der Waals surface area (Å²) in [5.41, 5.74) is 0.394. The van der Waals surface area contributed by atoms with Gasteiger partial charge in [-0.2, -0.15) is 0 Å². The maximum atomic E-state index is 14.1. The van der Waals surface area contributed by atoms with E-state index < -0.39 is 23.7 Å². The van der Waals surface area contributed by atoms with Crippen molar-refractivity contribution in [2.24, 2.45) is 17.8 Å². The number of halogens is 2. The summed E-state index contributed by atoms with van der Waals surface area (Å²) in [5.74, 6) is -2.31. The van der Waals surface area contributed by atoms with Crippen LogP contribution in [0.5, 0.6) is 0 Å². The third-order valence-electron chi connectivity index (χ3n) is 4.41. The molecule has 0 aliphatic heterocycles. The smallest absolute Gasteiger partial charge is 0.306 e. The summed E-state index contributed by atoms with van der Waals surface area (Å²) in [5, 5.41) is 12.2. The molecule has 0 bridgehead atoms. The van der Waals surface area contributed by atoms with Gasteiger partial charge in [-0.3, -0.25) is 9.59 Å². The molecule has 1 saturated carbocycles. The fourth-order valence-corrected chi connectivity index (χ4v) is 3.23. The van der Waals surface area contributed by atoms with Crippen LogP contribution in [0.1, 0.15) is 44.7 Å². The Morgan fingerprint density at radius 3 is 2.48 bits per heavy atom. The fraction of sp³-hybridized carbons (Fsp3) is 0.529. The third-order valence-corrected chi connectivity index (χ3v) is 4.65. The highest BCUT2D eigenvalue weighted by Gasteiger charge is 2.35. The van der Waals surface area contributed by atoms with Crippen molar-refractivity contribution in [3.05, 3.63) is 34.6 Å². The van der Waals surface area contributed by atoms with Gasteiger partial charge in [-0.1, -0.05) is 31.5 Å². The molecule has 0 spiro atoms. The first-order valence-electron chi connectivity index (χ1n) is 7.77. The third kappa shape index (κ3) is 4.22. The maximum absolute atomic E-state index is 14.1. The lowest BCUT2D eigenvalue weighted by Crippen LogP contribution is -2.36. The second kappa shape index (κ2) is 7.30. The van der Waals surface area contributed by atoms with Crippen molar-refractivity contribution >= 4 is 23.5 Å². The summed E-state index contributed by atoms with van der Waals surface area (Å²) in [6.07, 6.45) is 1.40. The fourth-order valence-electron chi connectivity index (χ4n) is 3.07. The zero-order valence-corrected chi connectivity index (χ0v) is 13.9. The summed E-state index contributed by atoms with van der Waals surface area (Å²) >= 11 is 5.77. The predicted octanol–water partition coefficient (Wildman–Crippen LogP) is 3.79. The minimum absolute atomic E-state index is 0.00806. The first kappa shape index (κ1) is 17.7. The number of aliphatic carboxylic acids is 1. The lowest BCUT2D eigenvalue weighted by Gasteiger charge is -2.25. The van der Waals surface area contributed by atoms with E-state index >= 15 is 0 Å². The van der Waals surface area contributed by atoms with Crippen molar-refractivity contribution in [1.82, 2.24) is 5.32 Å². The average molecular weight is 342 g/mol. The molecule has 23 heavy (non-hydrogen) atoms. The molecule has 2 rings (SSSR count). The second-order valence-corrected chi connectivity index (χ2v) is 6.88. The number of carboxylic acids is 1. The van der Waals surface area contributed by atoms with Crippen LogP contribution in [0.3, 0.4) is 0 Å². The van der Waals surface area contributed by atoms with Crippen molar-refractivity contribution in [3.63, 3.8) is 0 Å². The zero-order chi connectivity index (χ0) is 17.1. The normalized spacial score (nSPS) is 22.1. The summed E-state index contributed by atoms with van der Waals surface area (Å²) in [4.78, 5) is 23.4. The van der Waals surface area contributed by atoms with Crippen LogP contribution in [0.2, 0.25) is 5.02 Å². The van der Waals surface area contributed by atoms with Gasteiger partial charge in [-0.05, 0) is 37.3 Å². The van der Waals surface area contributed by atoms with Gasteiger partial charge in [0.1, 0.15) is 5.82 Å². The van der Waals surface area contributed by atoms with Gasteiger partial charge in [0.15, 0.2) is 0 Å². The van der Waals surface area contributed by atoms with Gasteiger partial charge in [0, 0.05) is 16.5 Å². The van der Waals surface area contributed by atoms with Crippen molar-refractivity contribution in [1.29, 1.82) is 0 Å². The average Bonchev–Trinajstić information content (AvgIpc) is 2.95. The molecule has 126 valence electrons. The van der Waals surface area contributed by atoms with Crippen LogP contribution in [0.15, 0.2) is 18.2 Å². The SMILES string of the molecule is CC(C)C(NC(=O)[C@@H]1CC[C@H](C(=O)O)C1)c1ccc(Cl)cc1F. The van der Waals surface area contributed by atoms with Crippen molar-refractivity contribution in [3.8, 4) is 0 Å². The lowest BCUT2D eigenvalue weighted by atomic mass is 9.94. The van der Waals surface area contributed by atoms with E-state index in [-0.39, 0.29) is 17.7 Å². The highest BCUT2D eigenvalue weighted by molar-refractivity contribution is 6.30. The van der Waals surface area contributed by atoms with Gasteiger partial charge >= 0.3 is 5.97 Å². The van der Waals surface area contributed by atoms with Crippen molar-refractivity contribution in [2.75, 3.05) is 0 Å². The molecule has 1 amide bonds. The highest BCUT2D eigenvalue weighted by atomic mass is 35.5. The molecule has 0 radical (unpaired) electrons. The Balaban J connectivity index is 2.11. The van der Waals surface area contributed by atoms with Crippen LogP contribution >= 0.6 is 11.6 Å². The van der Waals surface area contributed by atoms with Gasteiger partial charge in [0.2, 0.25) is 5.91 Å². The van der Waals surface area contributed by atoms with Crippen LogP contribution in [-0.2, 0) is 9.59 Å². The molecule has 2 N–H and O–H groups in total. The monoisotopic (exact) mass is 341 g/mol. The maximum Gasteiger partial charge on any atom is 0.306 e. The number of carbonyl (C=O) groups is 2. The molecule has 0 heterocycles. The first-order chi connectivity index (χ1) is 10.8. The molecule has 0 aromatic heterocycles.